The predicted molar refractivity (Wildman–Crippen MR) is 93.5 cm³/mol. The van der Waals surface area contributed by atoms with Crippen LogP contribution in [0.3, 0.4) is 0 Å². The van der Waals surface area contributed by atoms with Crippen molar-refractivity contribution in [2.75, 3.05) is 20.2 Å². The number of carbonyl (C=O) groups excluding carboxylic acids is 2. The standard InChI is InChI=1S/C19H24N2O5/c1-26-15-7-5-13(6-8-15)11-20-12-14(10-17(20)22)18(23)21-9-3-2-4-16(21)19(24)25/h5-8,14,16H,2-4,9-12H2,1H3,(H,24,25)/t14-,16-/m1/s1. The van der Waals surface area contributed by atoms with Crippen molar-refractivity contribution >= 4 is 17.8 Å². The molecule has 26 heavy (non-hydrogen) atoms. The summed E-state index contributed by atoms with van der Waals surface area (Å²) in [6, 6.07) is 6.70. The minimum atomic E-state index is -0.961. The molecule has 140 valence electrons. The Balaban J connectivity index is 1.64. The molecule has 0 saturated carbocycles. The Bertz CT molecular complexity index is 688. The maximum absolute atomic E-state index is 12.8. The van der Waals surface area contributed by atoms with E-state index < -0.39 is 17.9 Å². The van der Waals surface area contributed by atoms with Gasteiger partial charge in [-0.15, -0.1) is 0 Å². The Kier molecular flexibility index (Phi) is 5.44. The average molecular weight is 360 g/mol. The van der Waals surface area contributed by atoms with E-state index in [0.29, 0.717) is 26.1 Å². The lowest BCUT2D eigenvalue weighted by Crippen LogP contribution is -2.50. The molecule has 1 aromatic rings. The molecule has 7 nitrogen and oxygen atoms in total. The number of hydrogen-bond donors (Lipinski definition) is 1. The third-order valence-corrected chi connectivity index (χ3v) is 5.17. The molecular weight excluding hydrogens is 336 g/mol. The van der Waals surface area contributed by atoms with Gasteiger partial charge in [-0.2, -0.15) is 0 Å². The lowest BCUT2D eigenvalue weighted by molar-refractivity contribution is -0.153. The van der Waals surface area contributed by atoms with Crippen molar-refractivity contribution in [1.29, 1.82) is 0 Å². The summed E-state index contributed by atoms with van der Waals surface area (Å²) in [5, 5.41) is 9.36. The van der Waals surface area contributed by atoms with Crippen LogP contribution in [0.1, 0.15) is 31.2 Å². The number of amides is 2. The van der Waals surface area contributed by atoms with Gasteiger partial charge in [-0.25, -0.2) is 4.79 Å². The molecule has 7 heteroatoms. The minimum Gasteiger partial charge on any atom is -0.497 e. The third-order valence-electron chi connectivity index (χ3n) is 5.17. The molecule has 0 aliphatic carbocycles. The highest BCUT2D eigenvalue weighted by atomic mass is 16.5. The maximum Gasteiger partial charge on any atom is 0.326 e. The monoisotopic (exact) mass is 360 g/mol. The SMILES string of the molecule is COc1ccc(CN2C[C@H](C(=O)N3CCCC[C@@H]3C(=O)O)CC2=O)cc1. The van der Waals surface area contributed by atoms with Crippen molar-refractivity contribution in [3.63, 3.8) is 0 Å². The van der Waals surface area contributed by atoms with Crippen molar-refractivity contribution in [1.82, 2.24) is 9.80 Å². The zero-order chi connectivity index (χ0) is 18.7. The summed E-state index contributed by atoms with van der Waals surface area (Å²) < 4.78 is 5.13. The highest BCUT2D eigenvalue weighted by molar-refractivity contribution is 5.91. The molecule has 2 heterocycles. The molecule has 0 bridgehead atoms. The van der Waals surface area contributed by atoms with Crippen LogP contribution < -0.4 is 4.74 Å². The van der Waals surface area contributed by atoms with Crippen LogP contribution >= 0.6 is 0 Å². The highest BCUT2D eigenvalue weighted by Crippen LogP contribution is 2.26. The van der Waals surface area contributed by atoms with Crippen LogP contribution in [0, 0.1) is 5.92 Å². The second-order valence-corrected chi connectivity index (χ2v) is 6.90. The normalized spacial score (nSPS) is 23.2. The number of nitrogens with zero attached hydrogens (tertiary/aromatic N) is 2. The van der Waals surface area contributed by atoms with Crippen LogP contribution in [-0.4, -0.2) is 58.9 Å². The van der Waals surface area contributed by atoms with Gasteiger partial charge in [0.05, 0.1) is 13.0 Å². The predicted octanol–water partition coefficient (Wildman–Crippen LogP) is 1.51. The maximum atomic E-state index is 12.8. The second kappa shape index (κ2) is 7.76. The molecule has 1 N–H and O–H groups in total. The quantitative estimate of drug-likeness (QED) is 0.860. The smallest absolute Gasteiger partial charge is 0.326 e. The summed E-state index contributed by atoms with van der Waals surface area (Å²) in [5.74, 6) is -0.941. The number of likely N-dealkylation sites (tertiary alicyclic amines) is 2. The first kappa shape index (κ1) is 18.2. The first-order chi connectivity index (χ1) is 12.5. The fourth-order valence-corrected chi connectivity index (χ4v) is 3.73. The summed E-state index contributed by atoms with van der Waals surface area (Å²) >= 11 is 0. The lowest BCUT2D eigenvalue weighted by Gasteiger charge is -2.34. The molecule has 0 aromatic heterocycles. The Hall–Kier alpha value is -2.57. The van der Waals surface area contributed by atoms with Crippen molar-refractivity contribution in [2.24, 2.45) is 5.92 Å². The van der Waals surface area contributed by atoms with Gasteiger partial charge in [0.15, 0.2) is 0 Å². The fourth-order valence-electron chi connectivity index (χ4n) is 3.73. The van der Waals surface area contributed by atoms with E-state index in [9.17, 15) is 19.5 Å². The number of aliphatic carboxylic acids is 1. The van der Waals surface area contributed by atoms with Gasteiger partial charge in [0.1, 0.15) is 11.8 Å². The zero-order valence-corrected chi connectivity index (χ0v) is 14.9. The van der Waals surface area contributed by atoms with Gasteiger partial charge in [0, 0.05) is 26.1 Å². The molecule has 2 aliphatic rings. The summed E-state index contributed by atoms with van der Waals surface area (Å²) in [5.41, 5.74) is 0.966. The molecule has 2 saturated heterocycles. The Labute approximate surface area is 152 Å². The van der Waals surface area contributed by atoms with Crippen LogP contribution in [0.25, 0.3) is 0 Å². The van der Waals surface area contributed by atoms with E-state index in [4.69, 9.17) is 4.74 Å². The van der Waals surface area contributed by atoms with E-state index in [1.807, 2.05) is 24.3 Å². The van der Waals surface area contributed by atoms with Gasteiger partial charge in [-0.3, -0.25) is 9.59 Å². The van der Waals surface area contributed by atoms with E-state index in [1.54, 1.807) is 12.0 Å². The first-order valence-corrected chi connectivity index (χ1v) is 8.93. The van der Waals surface area contributed by atoms with Gasteiger partial charge in [-0.1, -0.05) is 12.1 Å². The summed E-state index contributed by atoms with van der Waals surface area (Å²) in [4.78, 5) is 39.7. The van der Waals surface area contributed by atoms with Crippen LogP contribution in [0.15, 0.2) is 24.3 Å². The van der Waals surface area contributed by atoms with Gasteiger partial charge >= 0.3 is 5.97 Å². The number of carbonyl (C=O) groups is 3. The second-order valence-electron chi connectivity index (χ2n) is 6.90. The van der Waals surface area contributed by atoms with E-state index in [0.717, 1.165) is 24.2 Å². The van der Waals surface area contributed by atoms with E-state index >= 15 is 0 Å². The molecule has 1 aromatic carbocycles. The number of ether oxygens (including phenoxy) is 1. The number of hydrogen-bond acceptors (Lipinski definition) is 4. The number of carboxylic acid groups (broad SMARTS) is 1. The van der Waals surface area contributed by atoms with Crippen molar-refractivity contribution in [2.45, 2.75) is 38.3 Å². The van der Waals surface area contributed by atoms with Gasteiger partial charge < -0.3 is 19.6 Å². The van der Waals surface area contributed by atoms with E-state index in [2.05, 4.69) is 0 Å². The van der Waals surface area contributed by atoms with Crippen LogP contribution in [0.4, 0.5) is 0 Å². The van der Waals surface area contributed by atoms with E-state index in [-0.39, 0.29) is 18.2 Å². The molecule has 0 unspecified atom stereocenters. The number of methoxy groups -OCH3 is 1. The molecule has 2 aliphatic heterocycles. The van der Waals surface area contributed by atoms with Gasteiger partial charge in [0.2, 0.25) is 11.8 Å². The molecule has 2 atom stereocenters. The largest absolute Gasteiger partial charge is 0.497 e. The lowest BCUT2D eigenvalue weighted by atomic mass is 9.98. The molecular formula is C19H24N2O5. The molecule has 2 fully saturated rings. The van der Waals surface area contributed by atoms with Crippen LogP contribution in [0.5, 0.6) is 5.75 Å². The van der Waals surface area contributed by atoms with Gasteiger partial charge in [-0.05, 0) is 37.0 Å². The summed E-state index contributed by atoms with van der Waals surface area (Å²) in [6.07, 6.45) is 2.26. The average Bonchev–Trinajstić information content (AvgIpc) is 3.02. The number of benzene rings is 1. The van der Waals surface area contributed by atoms with Crippen LogP contribution in [-0.2, 0) is 20.9 Å². The van der Waals surface area contributed by atoms with Crippen molar-refractivity contribution in [3.8, 4) is 5.75 Å². The van der Waals surface area contributed by atoms with Crippen LogP contribution in [0.2, 0.25) is 0 Å². The fraction of sp³-hybridized carbons (Fsp3) is 0.526. The van der Waals surface area contributed by atoms with Crippen molar-refractivity contribution in [3.05, 3.63) is 29.8 Å². The summed E-state index contributed by atoms with van der Waals surface area (Å²) in [6.45, 7) is 1.24. The molecule has 2 amide bonds. The highest BCUT2D eigenvalue weighted by Gasteiger charge is 2.40. The zero-order valence-electron chi connectivity index (χ0n) is 14.9. The number of piperidine rings is 1. The Morgan fingerprint density at radius 2 is 1.96 bits per heavy atom. The number of carboxylic acids is 1. The van der Waals surface area contributed by atoms with Gasteiger partial charge in [0.25, 0.3) is 0 Å². The first-order valence-electron chi connectivity index (χ1n) is 8.93. The third kappa shape index (κ3) is 3.81. The van der Waals surface area contributed by atoms with E-state index in [1.165, 1.54) is 4.90 Å². The Morgan fingerprint density at radius 1 is 1.23 bits per heavy atom. The summed E-state index contributed by atoms with van der Waals surface area (Å²) in [7, 11) is 1.60. The molecule has 3 rings (SSSR count). The number of rotatable bonds is 5. The Morgan fingerprint density at radius 3 is 2.62 bits per heavy atom. The topological polar surface area (TPSA) is 87.2 Å². The molecule has 0 radical (unpaired) electrons. The van der Waals surface area contributed by atoms with Crippen molar-refractivity contribution < 1.29 is 24.2 Å². The minimum absolute atomic E-state index is 0.0666. The molecule has 0 spiro atoms.